The Morgan fingerprint density at radius 2 is 2.10 bits per heavy atom. The molecular weight excluding hydrogens is 286 g/mol. The van der Waals surface area contributed by atoms with Crippen LogP contribution in [0.5, 0.6) is 0 Å². The maximum atomic E-state index is 12.3. The van der Waals surface area contributed by atoms with Gasteiger partial charge in [-0.1, -0.05) is 6.07 Å². The van der Waals surface area contributed by atoms with Gasteiger partial charge in [-0.15, -0.1) is 0 Å². The lowest BCUT2D eigenvalue weighted by molar-refractivity contribution is -0.142. The maximum absolute atomic E-state index is 12.3. The van der Waals surface area contributed by atoms with Gasteiger partial charge in [-0.25, -0.2) is 4.79 Å². The van der Waals surface area contributed by atoms with E-state index in [4.69, 9.17) is 4.74 Å². The first-order valence-corrected chi connectivity index (χ1v) is 8.54. The van der Waals surface area contributed by atoms with Crippen molar-refractivity contribution in [2.75, 3.05) is 19.1 Å². The average Bonchev–Trinajstić information content (AvgIpc) is 2.97. The third-order valence-corrected chi connectivity index (χ3v) is 4.41. The molecule has 0 unspecified atom stereocenters. The Balaban J connectivity index is 2.05. The summed E-state index contributed by atoms with van der Waals surface area (Å²) >= 11 is 1.64. The van der Waals surface area contributed by atoms with Crippen molar-refractivity contribution in [2.45, 2.75) is 31.7 Å². The second kappa shape index (κ2) is 7.50. The number of methoxy groups -OCH3 is 1. The van der Waals surface area contributed by atoms with Gasteiger partial charge >= 0.3 is 5.97 Å². The average molecular weight is 307 g/mol. The van der Waals surface area contributed by atoms with Gasteiger partial charge in [0.2, 0.25) is 0 Å². The summed E-state index contributed by atoms with van der Waals surface area (Å²) in [6, 6.07) is 5.22. The third-order valence-electron chi connectivity index (χ3n) is 3.76. The molecule has 1 aromatic rings. The first-order valence-electron chi connectivity index (χ1n) is 7.15. The Morgan fingerprint density at radius 3 is 2.81 bits per heavy atom. The second-order valence-corrected chi connectivity index (χ2v) is 6.15. The number of nitrogens with one attached hydrogen (secondary N) is 1. The Morgan fingerprint density at radius 1 is 1.33 bits per heavy atom. The smallest absolute Gasteiger partial charge is 0.328 e. The van der Waals surface area contributed by atoms with Crippen molar-refractivity contribution >= 4 is 23.6 Å². The van der Waals surface area contributed by atoms with E-state index in [1.54, 1.807) is 11.8 Å². The van der Waals surface area contributed by atoms with Gasteiger partial charge in [-0.05, 0) is 61.0 Å². The van der Waals surface area contributed by atoms with E-state index >= 15 is 0 Å². The fourth-order valence-electron chi connectivity index (χ4n) is 2.58. The minimum Gasteiger partial charge on any atom is -0.467 e. The van der Waals surface area contributed by atoms with Crippen molar-refractivity contribution in [2.24, 2.45) is 0 Å². The Labute approximate surface area is 129 Å². The van der Waals surface area contributed by atoms with E-state index < -0.39 is 12.0 Å². The molecule has 0 fully saturated rings. The summed E-state index contributed by atoms with van der Waals surface area (Å²) in [6.07, 6.45) is 5.82. The van der Waals surface area contributed by atoms with Crippen LogP contribution in [0.25, 0.3) is 0 Å². The van der Waals surface area contributed by atoms with Crippen LogP contribution in [0.15, 0.2) is 18.2 Å². The number of benzene rings is 1. The number of ether oxygens (including phenoxy) is 1. The van der Waals surface area contributed by atoms with E-state index in [0.717, 1.165) is 25.0 Å². The Hall–Kier alpha value is -1.49. The van der Waals surface area contributed by atoms with Gasteiger partial charge in [0.05, 0.1) is 7.11 Å². The molecule has 2 rings (SSSR count). The number of carbonyl (C=O) groups is 2. The summed E-state index contributed by atoms with van der Waals surface area (Å²) in [7, 11) is 1.34. The lowest BCUT2D eigenvalue weighted by Gasteiger charge is -2.16. The molecule has 0 aromatic heterocycles. The highest BCUT2D eigenvalue weighted by molar-refractivity contribution is 7.98. The molecule has 4 nitrogen and oxygen atoms in total. The molecule has 0 saturated carbocycles. The molecule has 1 amide bonds. The van der Waals surface area contributed by atoms with Crippen molar-refractivity contribution in [1.29, 1.82) is 0 Å². The standard InChI is InChI=1S/C16H21NO3S/c1-20-16(19)14(8-9-21-2)17-15(18)13-7-6-11-4-3-5-12(11)10-13/h6-7,10,14H,3-5,8-9H2,1-2H3,(H,17,18)/t14-/m1/s1. The van der Waals surface area contributed by atoms with Crippen molar-refractivity contribution in [3.8, 4) is 0 Å². The molecule has 1 aliphatic rings. The number of hydrogen-bond acceptors (Lipinski definition) is 4. The topological polar surface area (TPSA) is 55.4 Å². The molecular formula is C16H21NO3S. The van der Waals surface area contributed by atoms with E-state index in [1.807, 2.05) is 24.5 Å². The predicted molar refractivity (Wildman–Crippen MR) is 84.7 cm³/mol. The van der Waals surface area contributed by atoms with Crippen molar-refractivity contribution in [3.63, 3.8) is 0 Å². The fourth-order valence-corrected chi connectivity index (χ4v) is 3.05. The van der Waals surface area contributed by atoms with Crippen LogP contribution in [0, 0.1) is 0 Å². The Bertz CT molecular complexity index is 530. The first kappa shape index (κ1) is 15.9. The molecule has 0 spiro atoms. The zero-order valence-corrected chi connectivity index (χ0v) is 13.3. The highest BCUT2D eigenvalue weighted by Crippen LogP contribution is 2.22. The van der Waals surface area contributed by atoms with E-state index in [2.05, 4.69) is 5.32 Å². The largest absolute Gasteiger partial charge is 0.467 e. The van der Waals surface area contributed by atoms with Gasteiger partial charge in [-0.2, -0.15) is 11.8 Å². The van der Waals surface area contributed by atoms with Crippen molar-refractivity contribution < 1.29 is 14.3 Å². The van der Waals surface area contributed by atoms with Gasteiger partial charge in [0, 0.05) is 5.56 Å². The lowest BCUT2D eigenvalue weighted by Crippen LogP contribution is -2.42. The molecule has 0 heterocycles. The monoisotopic (exact) mass is 307 g/mol. The summed E-state index contributed by atoms with van der Waals surface area (Å²) in [6.45, 7) is 0. The van der Waals surface area contributed by atoms with Crippen LogP contribution in [-0.2, 0) is 22.4 Å². The third kappa shape index (κ3) is 4.00. The zero-order chi connectivity index (χ0) is 15.2. The normalized spacial score (nSPS) is 14.4. The van der Waals surface area contributed by atoms with Crippen LogP contribution in [0.2, 0.25) is 0 Å². The summed E-state index contributed by atoms with van der Waals surface area (Å²) in [5, 5.41) is 2.78. The van der Waals surface area contributed by atoms with E-state index in [0.29, 0.717) is 12.0 Å². The number of rotatable bonds is 6. The van der Waals surface area contributed by atoms with Gasteiger partial charge in [-0.3, -0.25) is 4.79 Å². The van der Waals surface area contributed by atoms with E-state index in [-0.39, 0.29) is 5.91 Å². The van der Waals surface area contributed by atoms with E-state index in [9.17, 15) is 9.59 Å². The van der Waals surface area contributed by atoms with Crippen LogP contribution < -0.4 is 5.32 Å². The molecule has 5 heteroatoms. The molecule has 1 aliphatic carbocycles. The van der Waals surface area contributed by atoms with Gasteiger partial charge < -0.3 is 10.1 Å². The SMILES string of the molecule is COC(=O)[C@@H](CCSC)NC(=O)c1ccc2c(c1)CCC2. The molecule has 0 saturated heterocycles. The molecule has 0 bridgehead atoms. The Kier molecular flexibility index (Phi) is 5.67. The fraction of sp³-hybridized carbons (Fsp3) is 0.500. The summed E-state index contributed by atoms with van der Waals surface area (Å²) in [5.41, 5.74) is 3.20. The maximum Gasteiger partial charge on any atom is 0.328 e. The van der Waals surface area contributed by atoms with Crippen LogP contribution >= 0.6 is 11.8 Å². The number of thioether (sulfide) groups is 1. The number of amides is 1. The molecule has 1 atom stereocenters. The minimum atomic E-state index is -0.580. The molecule has 21 heavy (non-hydrogen) atoms. The van der Waals surface area contributed by atoms with Gasteiger partial charge in [0.15, 0.2) is 0 Å². The van der Waals surface area contributed by atoms with Crippen LogP contribution in [0.1, 0.15) is 34.3 Å². The molecule has 114 valence electrons. The zero-order valence-electron chi connectivity index (χ0n) is 12.5. The van der Waals surface area contributed by atoms with Crippen LogP contribution in [0.3, 0.4) is 0 Å². The predicted octanol–water partition coefficient (Wildman–Crippen LogP) is 2.20. The highest BCUT2D eigenvalue weighted by Gasteiger charge is 2.22. The number of carbonyl (C=O) groups excluding carboxylic acids is 2. The minimum absolute atomic E-state index is 0.207. The molecule has 0 radical (unpaired) electrons. The number of fused-ring (bicyclic) bond motifs is 1. The van der Waals surface area contributed by atoms with Crippen molar-refractivity contribution in [3.05, 3.63) is 34.9 Å². The molecule has 1 aromatic carbocycles. The second-order valence-electron chi connectivity index (χ2n) is 5.17. The number of hydrogen-bond donors (Lipinski definition) is 1. The van der Waals surface area contributed by atoms with E-state index in [1.165, 1.54) is 18.2 Å². The molecule has 1 N–H and O–H groups in total. The van der Waals surface area contributed by atoms with Crippen LogP contribution in [-0.4, -0.2) is 37.0 Å². The summed E-state index contributed by atoms with van der Waals surface area (Å²) in [4.78, 5) is 24.0. The first-order chi connectivity index (χ1) is 10.2. The van der Waals surface area contributed by atoms with Gasteiger partial charge in [0.1, 0.15) is 6.04 Å². The van der Waals surface area contributed by atoms with Crippen LogP contribution in [0.4, 0.5) is 0 Å². The quantitative estimate of drug-likeness (QED) is 0.819. The lowest BCUT2D eigenvalue weighted by atomic mass is 10.1. The van der Waals surface area contributed by atoms with Gasteiger partial charge in [0.25, 0.3) is 5.91 Å². The van der Waals surface area contributed by atoms with Crippen molar-refractivity contribution in [1.82, 2.24) is 5.32 Å². The number of aryl methyl sites for hydroxylation is 2. The summed E-state index contributed by atoms with van der Waals surface area (Å²) < 4.78 is 4.76. The summed E-state index contributed by atoms with van der Waals surface area (Å²) in [5.74, 6) is 0.198. The molecule has 0 aliphatic heterocycles. The highest BCUT2D eigenvalue weighted by atomic mass is 32.2. The number of esters is 1.